The molecule has 2 aliphatic rings. The molecular weight excluding hydrogens is 528 g/mol. The van der Waals surface area contributed by atoms with Crippen molar-refractivity contribution in [1.82, 2.24) is 19.9 Å². The number of hydrogen-bond acceptors (Lipinski definition) is 8. The molecule has 2 aromatic carbocycles. The lowest BCUT2D eigenvalue weighted by Gasteiger charge is -2.42. The predicted molar refractivity (Wildman–Crippen MR) is 156 cm³/mol. The van der Waals surface area contributed by atoms with Gasteiger partial charge < -0.3 is 20.1 Å². The molecule has 2 aromatic heterocycles. The molecule has 10 nitrogen and oxygen atoms in total. The summed E-state index contributed by atoms with van der Waals surface area (Å²) in [6.45, 7) is 2.38. The minimum absolute atomic E-state index is 0.0853. The maximum absolute atomic E-state index is 12.3. The van der Waals surface area contributed by atoms with Crippen LogP contribution in [0.5, 0.6) is 5.75 Å². The number of aryl methyl sites for hydroxylation is 1. The molecule has 0 aliphatic carbocycles. The van der Waals surface area contributed by atoms with Crippen LogP contribution >= 0.6 is 0 Å². The van der Waals surface area contributed by atoms with E-state index in [1.54, 1.807) is 30.9 Å². The summed E-state index contributed by atoms with van der Waals surface area (Å²) in [4.78, 5) is 4.56. The summed E-state index contributed by atoms with van der Waals surface area (Å²) < 4.78 is 39.8. The Labute approximate surface area is 234 Å². The van der Waals surface area contributed by atoms with Gasteiger partial charge in [-0.05, 0) is 74.7 Å². The summed E-state index contributed by atoms with van der Waals surface area (Å²) in [7, 11) is -0.215. The molecule has 4 heterocycles. The van der Waals surface area contributed by atoms with Crippen LogP contribution in [-0.2, 0) is 27.8 Å². The quantitative estimate of drug-likeness (QED) is 0.346. The van der Waals surface area contributed by atoms with Crippen LogP contribution in [0.4, 0.5) is 17.3 Å². The molecule has 0 atom stereocenters. The fourth-order valence-corrected chi connectivity index (χ4v) is 6.17. The van der Waals surface area contributed by atoms with Gasteiger partial charge in [0, 0.05) is 31.0 Å². The van der Waals surface area contributed by atoms with Crippen molar-refractivity contribution in [3.63, 3.8) is 0 Å². The molecule has 11 heteroatoms. The number of anilines is 3. The van der Waals surface area contributed by atoms with Crippen LogP contribution in [0.1, 0.15) is 30.4 Å². The topological polar surface area (TPSA) is 110 Å². The van der Waals surface area contributed by atoms with Crippen molar-refractivity contribution in [2.24, 2.45) is 0 Å². The van der Waals surface area contributed by atoms with E-state index in [1.807, 2.05) is 30.3 Å². The number of aromatic nitrogens is 3. The first-order valence-electron chi connectivity index (χ1n) is 13.5. The maximum Gasteiger partial charge on any atom is 0.245 e. The standard InChI is InChI=1S/C29H34N6O4S/c1-34(40(3,36)37)25-7-5-4-6-23(25)26-9-8-22-18-31-28(33-35(22)26)32-24-16-20-10-11-29(12-14-30-15-13-29)39-27(20)17-21(24)19-38-2/h4-9,16-18,30H,10-15,19H2,1-3H3,(H,32,33). The summed E-state index contributed by atoms with van der Waals surface area (Å²) in [5.41, 5.74) is 5.78. The molecule has 0 amide bonds. The Bertz CT molecular complexity index is 1660. The molecule has 1 saturated heterocycles. The molecule has 2 aliphatic heterocycles. The van der Waals surface area contributed by atoms with Gasteiger partial charge in [0.2, 0.25) is 16.0 Å². The van der Waals surface area contributed by atoms with Crippen LogP contribution in [0, 0.1) is 0 Å². The minimum atomic E-state index is -3.44. The van der Waals surface area contributed by atoms with Crippen molar-refractivity contribution in [2.45, 2.75) is 37.9 Å². The number of hydrogen-bond donors (Lipinski definition) is 2. The van der Waals surface area contributed by atoms with E-state index in [-0.39, 0.29) is 5.60 Å². The van der Waals surface area contributed by atoms with E-state index < -0.39 is 10.0 Å². The number of benzene rings is 2. The van der Waals surface area contributed by atoms with E-state index in [4.69, 9.17) is 14.6 Å². The van der Waals surface area contributed by atoms with E-state index in [1.165, 1.54) is 10.6 Å². The molecule has 0 radical (unpaired) electrons. The second kappa shape index (κ2) is 10.4. The van der Waals surface area contributed by atoms with Crippen molar-refractivity contribution >= 4 is 32.9 Å². The van der Waals surface area contributed by atoms with Crippen molar-refractivity contribution in [2.75, 3.05) is 43.1 Å². The zero-order valence-corrected chi connectivity index (χ0v) is 23.8. The molecule has 0 unspecified atom stereocenters. The van der Waals surface area contributed by atoms with Crippen LogP contribution in [0.25, 0.3) is 16.8 Å². The van der Waals surface area contributed by atoms with E-state index in [2.05, 4.69) is 27.8 Å². The lowest BCUT2D eigenvalue weighted by Crippen LogP contribution is -2.48. The first kappa shape index (κ1) is 26.5. The maximum atomic E-state index is 12.3. The van der Waals surface area contributed by atoms with E-state index in [0.29, 0.717) is 18.2 Å². The lowest BCUT2D eigenvalue weighted by molar-refractivity contribution is 0.0168. The number of nitrogens with zero attached hydrogens (tertiary/aromatic N) is 4. The highest BCUT2D eigenvalue weighted by Gasteiger charge is 2.37. The Morgan fingerprint density at radius 1 is 1.15 bits per heavy atom. The fourth-order valence-electron chi connectivity index (χ4n) is 5.66. The van der Waals surface area contributed by atoms with Gasteiger partial charge in [0.1, 0.15) is 11.4 Å². The second-order valence-electron chi connectivity index (χ2n) is 10.6. The van der Waals surface area contributed by atoms with Gasteiger partial charge in [-0.1, -0.05) is 18.2 Å². The van der Waals surface area contributed by atoms with Crippen LogP contribution in [0.3, 0.4) is 0 Å². The zero-order chi connectivity index (χ0) is 27.9. The van der Waals surface area contributed by atoms with Crippen molar-refractivity contribution in [3.8, 4) is 17.0 Å². The Kier molecular flexibility index (Phi) is 6.89. The van der Waals surface area contributed by atoms with Gasteiger partial charge in [-0.3, -0.25) is 4.31 Å². The van der Waals surface area contributed by atoms with Gasteiger partial charge in [-0.15, -0.1) is 5.10 Å². The van der Waals surface area contributed by atoms with Crippen LogP contribution in [0.15, 0.2) is 54.7 Å². The summed E-state index contributed by atoms with van der Waals surface area (Å²) in [5, 5.41) is 11.6. The van der Waals surface area contributed by atoms with Gasteiger partial charge in [-0.2, -0.15) is 0 Å². The molecule has 2 N–H and O–H groups in total. The summed E-state index contributed by atoms with van der Waals surface area (Å²) in [6.07, 6.45) is 6.92. The molecular formula is C29H34N6O4S. The van der Waals surface area contributed by atoms with Gasteiger partial charge in [0.25, 0.3) is 0 Å². The Hall–Kier alpha value is -3.67. The zero-order valence-electron chi connectivity index (χ0n) is 23.0. The van der Waals surface area contributed by atoms with E-state index in [9.17, 15) is 8.42 Å². The van der Waals surface area contributed by atoms with Crippen molar-refractivity contribution < 1.29 is 17.9 Å². The molecule has 0 saturated carbocycles. The molecule has 210 valence electrons. The van der Waals surface area contributed by atoms with Crippen molar-refractivity contribution in [1.29, 1.82) is 0 Å². The first-order chi connectivity index (χ1) is 19.3. The van der Waals surface area contributed by atoms with Crippen LogP contribution in [0.2, 0.25) is 0 Å². The highest BCUT2D eigenvalue weighted by molar-refractivity contribution is 7.92. The third-order valence-corrected chi connectivity index (χ3v) is 9.13. The minimum Gasteiger partial charge on any atom is -0.487 e. The first-order valence-corrected chi connectivity index (χ1v) is 15.3. The number of ether oxygens (including phenoxy) is 2. The highest BCUT2D eigenvalue weighted by atomic mass is 32.2. The smallest absolute Gasteiger partial charge is 0.245 e. The van der Waals surface area contributed by atoms with Crippen molar-refractivity contribution in [3.05, 3.63) is 65.9 Å². The van der Waals surface area contributed by atoms with Crippen LogP contribution < -0.4 is 19.7 Å². The number of piperidine rings is 1. The molecule has 0 bridgehead atoms. The normalized spacial score (nSPS) is 16.5. The fraction of sp³-hybridized carbons (Fsp3) is 0.379. The SMILES string of the molecule is COCc1cc2c(cc1Nc1ncc3ccc(-c4ccccc4N(C)S(C)(=O)=O)n3n1)CCC1(CCNCC1)O2. The van der Waals surface area contributed by atoms with Crippen LogP contribution in [-0.4, -0.2) is 62.1 Å². The summed E-state index contributed by atoms with van der Waals surface area (Å²) >= 11 is 0. The van der Waals surface area contributed by atoms with E-state index in [0.717, 1.165) is 78.1 Å². The Morgan fingerprint density at radius 2 is 1.95 bits per heavy atom. The molecule has 1 fully saturated rings. The Morgan fingerprint density at radius 3 is 2.73 bits per heavy atom. The summed E-state index contributed by atoms with van der Waals surface area (Å²) in [6, 6.07) is 15.4. The summed E-state index contributed by atoms with van der Waals surface area (Å²) in [5.74, 6) is 1.35. The number of methoxy groups -OCH3 is 1. The Balaban J connectivity index is 1.35. The number of fused-ring (bicyclic) bond motifs is 2. The third kappa shape index (κ3) is 5.00. The number of para-hydroxylation sites is 1. The number of sulfonamides is 1. The van der Waals surface area contributed by atoms with E-state index >= 15 is 0 Å². The molecule has 4 aromatic rings. The average Bonchev–Trinajstić information content (AvgIpc) is 3.36. The van der Waals surface area contributed by atoms with Gasteiger partial charge in [0.15, 0.2) is 0 Å². The molecule has 1 spiro atoms. The molecule has 6 rings (SSSR count). The monoisotopic (exact) mass is 562 g/mol. The lowest BCUT2D eigenvalue weighted by atomic mass is 9.83. The van der Waals surface area contributed by atoms with Gasteiger partial charge >= 0.3 is 0 Å². The largest absolute Gasteiger partial charge is 0.487 e. The third-order valence-electron chi connectivity index (χ3n) is 7.94. The second-order valence-corrected chi connectivity index (χ2v) is 12.6. The predicted octanol–water partition coefficient (Wildman–Crippen LogP) is 4.13. The van der Waals surface area contributed by atoms with Gasteiger partial charge in [0.05, 0.1) is 36.0 Å². The van der Waals surface area contributed by atoms with Gasteiger partial charge in [-0.25, -0.2) is 17.9 Å². The number of rotatable bonds is 7. The highest BCUT2D eigenvalue weighted by Crippen LogP contribution is 2.41. The number of nitrogens with one attached hydrogen (secondary N) is 2. The molecule has 40 heavy (non-hydrogen) atoms. The average molecular weight is 563 g/mol.